The van der Waals surface area contributed by atoms with Crippen molar-refractivity contribution >= 4 is 0 Å². The third-order valence-corrected chi connectivity index (χ3v) is 8.59. The Labute approximate surface area is 202 Å². The van der Waals surface area contributed by atoms with Crippen molar-refractivity contribution in [1.82, 2.24) is 0 Å². The minimum absolute atomic E-state index is 0.0358. The zero-order chi connectivity index (χ0) is 24.2. The molecular weight excluding hydrogens is 436 g/mol. The number of aryl methyl sites for hydroxylation is 2. The van der Waals surface area contributed by atoms with Crippen molar-refractivity contribution < 1.29 is 17.6 Å². The molecule has 34 heavy (non-hydrogen) atoms. The van der Waals surface area contributed by atoms with Crippen LogP contribution in [0.2, 0.25) is 0 Å². The molecule has 2 fully saturated rings. The topological polar surface area (TPSA) is 0 Å². The summed E-state index contributed by atoms with van der Waals surface area (Å²) in [5, 5.41) is 0. The normalized spacial score (nSPS) is 25.5. The summed E-state index contributed by atoms with van der Waals surface area (Å²) >= 11 is 0. The van der Waals surface area contributed by atoms with Gasteiger partial charge in [-0.3, -0.25) is 0 Å². The van der Waals surface area contributed by atoms with E-state index in [0.717, 1.165) is 63.7 Å². The molecule has 2 aromatic rings. The predicted octanol–water partition coefficient (Wildman–Crippen LogP) is 9.53. The van der Waals surface area contributed by atoms with E-state index in [0.29, 0.717) is 34.6 Å². The zero-order valence-electron chi connectivity index (χ0n) is 20.6. The number of hydrogen-bond donors (Lipinski definition) is 0. The second kappa shape index (κ2) is 11.3. The van der Waals surface area contributed by atoms with Crippen molar-refractivity contribution in [3.63, 3.8) is 0 Å². The van der Waals surface area contributed by atoms with Gasteiger partial charge in [0.05, 0.1) is 0 Å². The van der Waals surface area contributed by atoms with Crippen LogP contribution >= 0.6 is 0 Å². The Kier molecular flexibility index (Phi) is 8.37. The first-order valence-electron chi connectivity index (χ1n) is 13.3. The van der Waals surface area contributed by atoms with Crippen LogP contribution in [0.4, 0.5) is 17.6 Å². The molecule has 0 aromatic heterocycles. The highest BCUT2D eigenvalue weighted by molar-refractivity contribution is 5.32. The second-order valence-electron chi connectivity index (χ2n) is 10.8. The van der Waals surface area contributed by atoms with E-state index >= 15 is 8.78 Å². The van der Waals surface area contributed by atoms with Crippen molar-refractivity contribution in [2.45, 2.75) is 103 Å². The largest absolute Gasteiger partial charge is 0.203 e. The number of benzene rings is 2. The maximum atomic E-state index is 15.1. The van der Waals surface area contributed by atoms with Crippen molar-refractivity contribution in [3.05, 3.63) is 69.8 Å². The van der Waals surface area contributed by atoms with Crippen LogP contribution in [0.1, 0.15) is 112 Å². The fourth-order valence-electron chi connectivity index (χ4n) is 6.38. The summed E-state index contributed by atoms with van der Waals surface area (Å²) in [6, 6.07) is 6.98. The molecule has 0 N–H and O–H groups in total. The highest BCUT2D eigenvalue weighted by atomic mass is 19.2. The molecular formula is C30H38F4. The SMILES string of the molecule is CCCC1CCC(c2ccc(C3CCC(CCc4ccc(C)c(F)c4F)CC3)c(F)c2F)CC1. The van der Waals surface area contributed by atoms with Gasteiger partial charge >= 0.3 is 0 Å². The first-order valence-corrected chi connectivity index (χ1v) is 13.3. The molecule has 0 unspecified atom stereocenters. The Morgan fingerprint density at radius 1 is 0.618 bits per heavy atom. The zero-order valence-corrected chi connectivity index (χ0v) is 20.6. The van der Waals surface area contributed by atoms with Gasteiger partial charge < -0.3 is 0 Å². The second-order valence-corrected chi connectivity index (χ2v) is 10.8. The molecule has 2 aromatic carbocycles. The molecule has 2 saturated carbocycles. The van der Waals surface area contributed by atoms with Gasteiger partial charge in [0.2, 0.25) is 0 Å². The van der Waals surface area contributed by atoms with E-state index in [4.69, 9.17) is 0 Å². The van der Waals surface area contributed by atoms with Gasteiger partial charge in [0.25, 0.3) is 0 Å². The average molecular weight is 475 g/mol. The molecule has 0 nitrogen and oxygen atoms in total. The predicted molar refractivity (Wildman–Crippen MR) is 130 cm³/mol. The van der Waals surface area contributed by atoms with Crippen LogP contribution in [0.5, 0.6) is 0 Å². The quantitative estimate of drug-likeness (QED) is 0.351. The van der Waals surface area contributed by atoms with E-state index in [1.54, 1.807) is 19.1 Å². The highest BCUT2D eigenvalue weighted by Crippen LogP contribution is 2.42. The van der Waals surface area contributed by atoms with Gasteiger partial charge in [-0.25, -0.2) is 17.6 Å². The van der Waals surface area contributed by atoms with Gasteiger partial charge in [0, 0.05) is 0 Å². The van der Waals surface area contributed by atoms with Gasteiger partial charge in [-0.1, -0.05) is 44.0 Å². The molecule has 0 spiro atoms. The van der Waals surface area contributed by atoms with Crippen molar-refractivity contribution in [3.8, 4) is 0 Å². The van der Waals surface area contributed by atoms with Crippen LogP contribution in [-0.4, -0.2) is 0 Å². The Bertz CT molecular complexity index is 966. The van der Waals surface area contributed by atoms with E-state index in [9.17, 15) is 8.78 Å². The molecule has 0 saturated heterocycles. The van der Waals surface area contributed by atoms with Crippen LogP contribution in [-0.2, 0) is 6.42 Å². The van der Waals surface area contributed by atoms with Crippen LogP contribution in [0.15, 0.2) is 24.3 Å². The molecule has 0 atom stereocenters. The molecule has 0 heterocycles. The third-order valence-electron chi connectivity index (χ3n) is 8.59. The lowest BCUT2D eigenvalue weighted by Gasteiger charge is -2.31. The van der Waals surface area contributed by atoms with Crippen molar-refractivity contribution in [2.24, 2.45) is 11.8 Å². The van der Waals surface area contributed by atoms with Crippen LogP contribution in [0, 0.1) is 42.0 Å². The van der Waals surface area contributed by atoms with Crippen molar-refractivity contribution in [1.29, 1.82) is 0 Å². The fraction of sp³-hybridized carbons (Fsp3) is 0.600. The average Bonchev–Trinajstić information content (AvgIpc) is 2.85. The summed E-state index contributed by atoms with van der Waals surface area (Å²) in [6.07, 6.45) is 11.3. The molecule has 2 aliphatic rings. The number of rotatable bonds is 7. The van der Waals surface area contributed by atoms with Gasteiger partial charge in [-0.05, 0) is 117 Å². The third kappa shape index (κ3) is 5.52. The molecule has 2 aliphatic carbocycles. The van der Waals surface area contributed by atoms with Gasteiger partial charge in [-0.2, -0.15) is 0 Å². The van der Waals surface area contributed by atoms with Crippen LogP contribution < -0.4 is 0 Å². The van der Waals surface area contributed by atoms with Crippen LogP contribution in [0.25, 0.3) is 0 Å². The summed E-state index contributed by atoms with van der Waals surface area (Å²) in [6.45, 7) is 3.77. The molecule has 0 radical (unpaired) electrons. The molecule has 0 amide bonds. The van der Waals surface area contributed by atoms with Crippen molar-refractivity contribution in [2.75, 3.05) is 0 Å². The molecule has 4 heteroatoms. The van der Waals surface area contributed by atoms with E-state index in [1.165, 1.54) is 12.8 Å². The van der Waals surface area contributed by atoms with Gasteiger partial charge in [0.1, 0.15) is 0 Å². The fourth-order valence-corrected chi connectivity index (χ4v) is 6.38. The van der Waals surface area contributed by atoms with E-state index < -0.39 is 23.3 Å². The standard InChI is InChI=1S/C30H38F4/c1-3-4-20-6-12-22(13-7-20)25-17-18-26(30(34)29(25)33)23-14-8-21(9-15-23)10-16-24-11-5-19(2)27(31)28(24)32/h5,11,17-18,20-23H,3-4,6-10,12-16H2,1-2H3. The summed E-state index contributed by atoms with van der Waals surface area (Å²) in [5.74, 6) is -1.44. The van der Waals surface area contributed by atoms with Gasteiger partial charge in [-0.15, -0.1) is 0 Å². The molecule has 0 aliphatic heterocycles. The maximum absolute atomic E-state index is 15.1. The highest BCUT2D eigenvalue weighted by Gasteiger charge is 2.29. The summed E-state index contributed by atoms with van der Waals surface area (Å²) < 4.78 is 58.2. The Balaban J connectivity index is 1.33. The summed E-state index contributed by atoms with van der Waals surface area (Å²) in [5.41, 5.74) is 1.84. The first-order chi connectivity index (χ1) is 16.4. The Morgan fingerprint density at radius 3 is 1.62 bits per heavy atom. The Morgan fingerprint density at radius 2 is 1.12 bits per heavy atom. The summed E-state index contributed by atoms with van der Waals surface area (Å²) in [7, 11) is 0. The minimum Gasteiger partial charge on any atom is -0.203 e. The number of halogens is 4. The summed E-state index contributed by atoms with van der Waals surface area (Å²) in [4.78, 5) is 0. The molecule has 0 bridgehead atoms. The van der Waals surface area contributed by atoms with E-state index in [1.807, 2.05) is 12.1 Å². The Hall–Kier alpha value is -1.84. The van der Waals surface area contributed by atoms with Crippen LogP contribution in [0.3, 0.4) is 0 Å². The number of hydrogen-bond acceptors (Lipinski definition) is 0. The smallest absolute Gasteiger partial charge is 0.162 e. The van der Waals surface area contributed by atoms with Gasteiger partial charge in [0.15, 0.2) is 23.3 Å². The van der Waals surface area contributed by atoms with E-state index in [-0.39, 0.29) is 11.8 Å². The lowest BCUT2D eigenvalue weighted by molar-refractivity contribution is 0.297. The lowest BCUT2D eigenvalue weighted by Crippen LogP contribution is -2.17. The van der Waals surface area contributed by atoms with E-state index in [2.05, 4.69) is 6.92 Å². The maximum Gasteiger partial charge on any atom is 0.162 e. The first kappa shape index (κ1) is 25.3. The monoisotopic (exact) mass is 474 g/mol. The lowest BCUT2D eigenvalue weighted by atomic mass is 9.75. The molecule has 186 valence electrons. The molecule has 4 rings (SSSR count). The minimum atomic E-state index is -0.754.